The Kier molecular flexibility index (Phi) is 10.9. The van der Waals surface area contributed by atoms with Crippen molar-refractivity contribution in [1.82, 2.24) is 0 Å². The van der Waals surface area contributed by atoms with Gasteiger partial charge in [-0.05, 0) is 58.3 Å². The Labute approximate surface area is 132 Å². The average molecular weight is 290 g/mol. The van der Waals surface area contributed by atoms with Gasteiger partial charge in [-0.15, -0.1) is 0 Å². The zero-order chi connectivity index (χ0) is 16.3. The fourth-order valence-corrected chi connectivity index (χ4v) is 2.18. The topological polar surface area (TPSA) is 17.1 Å². The first-order valence-corrected chi connectivity index (χ1v) is 8.30. The van der Waals surface area contributed by atoms with E-state index >= 15 is 0 Å². The molecule has 0 aromatic carbocycles. The highest BCUT2D eigenvalue weighted by molar-refractivity contribution is 5.49. The van der Waals surface area contributed by atoms with Gasteiger partial charge in [-0.3, -0.25) is 0 Å². The molecule has 1 nitrogen and oxygen atoms in total. The van der Waals surface area contributed by atoms with Crippen molar-refractivity contribution in [3.63, 3.8) is 0 Å². The van der Waals surface area contributed by atoms with Gasteiger partial charge in [-0.1, -0.05) is 55.7 Å². The Balaban J connectivity index is 0.000000382. The number of hydrogen-bond donors (Lipinski definition) is 0. The van der Waals surface area contributed by atoms with E-state index in [4.69, 9.17) is 0 Å². The van der Waals surface area contributed by atoms with Gasteiger partial charge in [-0.25, -0.2) is 0 Å². The second-order valence-corrected chi connectivity index (χ2v) is 6.78. The maximum absolute atomic E-state index is 10.1. The molecule has 0 aliphatic heterocycles. The molecule has 0 N–H and O–H groups in total. The highest BCUT2D eigenvalue weighted by Gasteiger charge is 2.05. The monoisotopic (exact) mass is 290 g/mol. The van der Waals surface area contributed by atoms with Crippen LogP contribution in [0.4, 0.5) is 0 Å². The highest BCUT2D eigenvalue weighted by atomic mass is 16.1. The standard InChI is InChI=1S/C10H18O.C10H16/c1-9(2)5-4-6-10(3)7-8-11;1-8(2)10-6-4-9(3)5-7-10/h5,8,10H,4,6-7H2,1-3H3;4,6,8H,5,7H2,1-3H3. The SMILES string of the molecule is CC(C)=CCCC(C)CC=O.CC1=CC=C(C(C)C)CC1. The molecule has 0 spiro atoms. The molecule has 0 fully saturated rings. The molecule has 0 radical (unpaired) electrons. The molecular formula is C20H34O. The molecule has 0 amide bonds. The lowest BCUT2D eigenvalue weighted by atomic mass is 9.92. The van der Waals surface area contributed by atoms with E-state index in [2.05, 4.69) is 59.8 Å². The number of aldehydes is 1. The molecule has 1 atom stereocenters. The van der Waals surface area contributed by atoms with Gasteiger partial charge in [0.15, 0.2) is 0 Å². The minimum Gasteiger partial charge on any atom is -0.303 e. The van der Waals surface area contributed by atoms with Crippen LogP contribution in [0.2, 0.25) is 0 Å². The van der Waals surface area contributed by atoms with Crippen LogP contribution in [-0.2, 0) is 4.79 Å². The van der Waals surface area contributed by atoms with Gasteiger partial charge in [0.2, 0.25) is 0 Å². The highest BCUT2D eigenvalue weighted by Crippen LogP contribution is 2.23. The smallest absolute Gasteiger partial charge is 0.120 e. The van der Waals surface area contributed by atoms with E-state index in [0.717, 1.165) is 25.0 Å². The third kappa shape index (κ3) is 11.2. The molecule has 0 aromatic rings. The van der Waals surface area contributed by atoms with Gasteiger partial charge in [-0.2, -0.15) is 0 Å². The third-order valence-corrected chi connectivity index (χ3v) is 3.84. The second kappa shape index (κ2) is 11.5. The van der Waals surface area contributed by atoms with Crippen LogP contribution in [0.5, 0.6) is 0 Å². The summed E-state index contributed by atoms with van der Waals surface area (Å²) in [5.74, 6) is 1.28. The molecule has 1 rings (SSSR count). The van der Waals surface area contributed by atoms with Crippen LogP contribution in [0.25, 0.3) is 0 Å². The fourth-order valence-electron chi connectivity index (χ4n) is 2.18. The first-order valence-electron chi connectivity index (χ1n) is 8.30. The van der Waals surface area contributed by atoms with Crippen LogP contribution in [0.15, 0.2) is 34.9 Å². The molecule has 0 saturated carbocycles. The zero-order valence-corrected chi connectivity index (χ0v) is 14.9. The third-order valence-electron chi connectivity index (χ3n) is 3.84. The van der Waals surface area contributed by atoms with Crippen LogP contribution in [0.1, 0.15) is 73.6 Å². The molecule has 1 unspecified atom stereocenters. The predicted octanol–water partition coefficient (Wildman–Crippen LogP) is 6.27. The van der Waals surface area contributed by atoms with Crippen molar-refractivity contribution in [3.05, 3.63) is 34.9 Å². The van der Waals surface area contributed by atoms with Crippen LogP contribution in [0, 0.1) is 11.8 Å². The van der Waals surface area contributed by atoms with E-state index in [9.17, 15) is 4.79 Å². The van der Waals surface area contributed by atoms with Gasteiger partial charge < -0.3 is 4.79 Å². The van der Waals surface area contributed by atoms with Gasteiger partial charge in [0.1, 0.15) is 6.29 Å². The molecule has 1 aliphatic rings. The predicted molar refractivity (Wildman–Crippen MR) is 94.4 cm³/mol. The Hall–Kier alpha value is -1.11. The van der Waals surface area contributed by atoms with Gasteiger partial charge in [0, 0.05) is 6.42 Å². The van der Waals surface area contributed by atoms with E-state index in [0.29, 0.717) is 12.3 Å². The lowest BCUT2D eigenvalue weighted by molar-refractivity contribution is -0.108. The molecule has 0 heterocycles. The number of rotatable bonds is 6. The van der Waals surface area contributed by atoms with E-state index < -0.39 is 0 Å². The minimum atomic E-state index is 0.545. The van der Waals surface area contributed by atoms with Crippen LogP contribution in [-0.4, -0.2) is 6.29 Å². The Bertz CT molecular complexity index is 379. The van der Waals surface area contributed by atoms with Crippen molar-refractivity contribution < 1.29 is 4.79 Å². The van der Waals surface area contributed by atoms with Gasteiger partial charge >= 0.3 is 0 Å². The molecule has 0 aromatic heterocycles. The number of carbonyl (C=O) groups excluding carboxylic acids is 1. The molecule has 0 bridgehead atoms. The minimum absolute atomic E-state index is 0.545. The molecule has 0 saturated heterocycles. The van der Waals surface area contributed by atoms with E-state index in [1.54, 1.807) is 5.57 Å². The molecule has 1 aliphatic carbocycles. The summed E-state index contributed by atoms with van der Waals surface area (Å²) in [4.78, 5) is 10.1. The summed E-state index contributed by atoms with van der Waals surface area (Å²) in [5, 5.41) is 0. The van der Waals surface area contributed by atoms with E-state index in [1.165, 1.54) is 24.0 Å². The summed E-state index contributed by atoms with van der Waals surface area (Å²) in [6.07, 6.45) is 13.2. The summed E-state index contributed by atoms with van der Waals surface area (Å²) in [6.45, 7) is 13.1. The molecular weight excluding hydrogens is 256 g/mol. The first kappa shape index (κ1) is 19.9. The Morgan fingerprint density at radius 2 is 1.86 bits per heavy atom. The summed E-state index contributed by atoms with van der Waals surface area (Å²) >= 11 is 0. The summed E-state index contributed by atoms with van der Waals surface area (Å²) in [6, 6.07) is 0. The largest absolute Gasteiger partial charge is 0.303 e. The second-order valence-electron chi connectivity index (χ2n) is 6.78. The average Bonchev–Trinajstić information content (AvgIpc) is 2.39. The van der Waals surface area contributed by atoms with Crippen LogP contribution in [0.3, 0.4) is 0 Å². The lowest BCUT2D eigenvalue weighted by Crippen LogP contribution is -1.97. The normalized spacial score (nSPS) is 15.4. The molecule has 1 heteroatoms. The molecule has 21 heavy (non-hydrogen) atoms. The maximum Gasteiger partial charge on any atom is 0.120 e. The fraction of sp³-hybridized carbons (Fsp3) is 0.650. The lowest BCUT2D eigenvalue weighted by Gasteiger charge is -2.14. The van der Waals surface area contributed by atoms with Crippen molar-refractivity contribution in [2.75, 3.05) is 0 Å². The van der Waals surface area contributed by atoms with E-state index in [-0.39, 0.29) is 0 Å². The quantitative estimate of drug-likeness (QED) is 0.416. The van der Waals surface area contributed by atoms with Crippen molar-refractivity contribution in [2.45, 2.75) is 73.6 Å². The Morgan fingerprint density at radius 3 is 2.29 bits per heavy atom. The zero-order valence-electron chi connectivity index (χ0n) is 14.9. The number of hydrogen-bond acceptors (Lipinski definition) is 1. The first-order chi connectivity index (χ1) is 9.86. The molecule has 120 valence electrons. The van der Waals surface area contributed by atoms with Crippen molar-refractivity contribution in [1.29, 1.82) is 0 Å². The maximum atomic E-state index is 10.1. The summed E-state index contributed by atoms with van der Waals surface area (Å²) in [5.41, 5.74) is 4.48. The van der Waals surface area contributed by atoms with Crippen molar-refractivity contribution >= 4 is 6.29 Å². The summed E-state index contributed by atoms with van der Waals surface area (Å²) in [7, 11) is 0. The summed E-state index contributed by atoms with van der Waals surface area (Å²) < 4.78 is 0. The van der Waals surface area contributed by atoms with Crippen LogP contribution < -0.4 is 0 Å². The van der Waals surface area contributed by atoms with Gasteiger partial charge in [0.05, 0.1) is 0 Å². The van der Waals surface area contributed by atoms with Crippen LogP contribution >= 0.6 is 0 Å². The number of carbonyl (C=O) groups is 1. The van der Waals surface area contributed by atoms with Gasteiger partial charge in [0.25, 0.3) is 0 Å². The Morgan fingerprint density at radius 1 is 1.19 bits per heavy atom. The van der Waals surface area contributed by atoms with Crippen molar-refractivity contribution in [3.8, 4) is 0 Å². The number of allylic oxidation sites excluding steroid dienone is 6. The van der Waals surface area contributed by atoms with Crippen molar-refractivity contribution in [2.24, 2.45) is 11.8 Å². The van der Waals surface area contributed by atoms with E-state index in [1.807, 2.05) is 0 Å².